The number of aromatic nitrogens is 5. The van der Waals surface area contributed by atoms with Crippen molar-refractivity contribution in [3.05, 3.63) is 54.2 Å². The second kappa shape index (κ2) is 6.97. The molecule has 6 heteroatoms. The molecule has 0 saturated heterocycles. The molecule has 0 bridgehead atoms. The topological polar surface area (TPSA) is 60.6 Å². The van der Waals surface area contributed by atoms with Gasteiger partial charge in [-0.1, -0.05) is 0 Å². The predicted octanol–water partition coefficient (Wildman–Crippen LogP) is 2.73. The van der Waals surface area contributed by atoms with Crippen LogP contribution in [0.25, 0.3) is 11.3 Å². The molecule has 0 fully saturated rings. The Morgan fingerprint density at radius 1 is 1.17 bits per heavy atom. The van der Waals surface area contributed by atoms with E-state index in [1.54, 1.807) is 12.4 Å². The maximum atomic E-state index is 4.60. The van der Waals surface area contributed by atoms with Gasteiger partial charge in [0.15, 0.2) is 0 Å². The Bertz CT molecular complexity index is 789. The second-order valence-corrected chi connectivity index (χ2v) is 6.32. The Hall–Kier alpha value is -2.47. The lowest BCUT2D eigenvalue weighted by molar-refractivity contribution is 0.365. The van der Waals surface area contributed by atoms with Crippen molar-refractivity contribution in [2.45, 2.75) is 39.4 Å². The summed E-state index contributed by atoms with van der Waals surface area (Å²) in [6.07, 6.45) is 9.64. The molecule has 1 N–H and O–H groups in total. The van der Waals surface area contributed by atoms with Crippen LogP contribution in [0.1, 0.15) is 31.0 Å². The summed E-state index contributed by atoms with van der Waals surface area (Å²) in [6, 6.07) is 4.55. The minimum absolute atomic E-state index is 0.278. The molecule has 0 aliphatic heterocycles. The average Bonchev–Trinajstić information content (AvgIpc) is 3.18. The third-order valence-electron chi connectivity index (χ3n) is 4.34. The van der Waals surface area contributed by atoms with E-state index in [2.05, 4.69) is 53.7 Å². The minimum atomic E-state index is 0.278. The summed E-state index contributed by atoms with van der Waals surface area (Å²) in [5, 5.41) is 12.6. The van der Waals surface area contributed by atoms with Gasteiger partial charge in [-0.3, -0.25) is 14.3 Å². The molecule has 3 aromatic rings. The van der Waals surface area contributed by atoms with Crippen LogP contribution in [0.3, 0.4) is 0 Å². The summed E-state index contributed by atoms with van der Waals surface area (Å²) in [5.41, 5.74) is 4.45. The Kier molecular flexibility index (Phi) is 4.76. The number of hydrogen-bond donors (Lipinski definition) is 1. The molecule has 0 amide bonds. The lowest BCUT2D eigenvalue weighted by Crippen LogP contribution is -2.33. The number of pyridine rings is 1. The highest BCUT2D eigenvalue weighted by Gasteiger charge is 2.16. The van der Waals surface area contributed by atoms with Gasteiger partial charge in [-0.05, 0) is 38.5 Å². The van der Waals surface area contributed by atoms with Crippen molar-refractivity contribution in [3.63, 3.8) is 0 Å². The fraction of sp³-hybridized carbons (Fsp3) is 0.389. The molecule has 0 radical (unpaired) electrons. The first kappa shape index (κ1) is 16.4. The lowest BCUT2D eigenvalue weighted by Gasteiger charge is -2.21. The third kappa shape index (κ3) is 3.54. The van der Waals surface area contributed by atoms with E-state index in [4.69, 9.17) is 0 Å². The maximum Gasteiger partial charge on any atom is 0.0969 e. The molecule has 0 saturated carbocycles. The second-order valence-electron chi connectivity index (χ2n) is 6.32. The Morgan fingerprint density at radius 3 is 2.58 bits per heavy atom. The normalized spacial score (nSPS) is 13.8. The maximum absolute atomic E-state index is 4.60. The van der Waals surface area contributed by atoms with Crippen molar-refractivity contribution in [2.24, 2.45) is 7.05 Å². The smallest absolute Gasteiger partial charge is 0.0969 e. The van der Waals surface area contributed by atoms with Crippen LogP contribution in [0.2, 0.25) is 0 Å². The van der Waals surface area contributed by atoms with E-state index in [-0.39, 0.29) is 12.1 Å². The molecular weight excluding hydrogens is 300 g/mol. The van der Waals surface area contributed by atoms with E-state index < -0.39 is 0 Å². The molecule has 0 aliphatic carbocycles. The SMILES string of the molecule is Cc1cnn([C@H](C)[C@@H](C)NCc2cn(C)nc2-c2ccncc2)c1. The molecule has 3 aromatic heterocycles. The highest BCUT2D eigenvalue weighted by atomic mass is 15.3. The molecule has 0 spiro atoms. The fourth-order valence-electron chi connectivity index (χ4n) is 2.75. The van der Waals surface area contributed by atoms with Crippen molar-refractivity contribution in [1.29, 1.82) is 0 Å². The molecule has 0 aromatic carbocycles. The van der Waals surface area contributed by atoms with Gasteiger partial charge in [-0.2, -0.15) is 10.2 Å². The summed E-state index contributed by atoms with van der Waals surface area (Å²) in [5.74, 6) is 0. The molecule has 24 heavy (non-hydrogen) atoms. The molecule has 3 rings (SSSR count). The highest BCUT2D eigenvalue weighted by Crippen LogP contribution is 2.21. The molecule has 0 unspecified atom stereocenters. The van der Waals surface area contributed by atoms with E-state index in [0.29, 0.717) is 0 Å². The van der Waals surface area contributed by atoms with Gasteiger partial charge in [0.05, 0.1) is 17.9 Å². The van der Waals surface area contributed by atoms with Crippen LogP contribution in [0.4, 0.5) is 0 Å². The van der Waals surface area contributed by atoms with Crippen LogP contribution in [0.5, 0.6) is 0 Å². The van der Waals surface area contributed by atoms with Crippen molar-refractivity contribution in [1.82, 2.24) is 29.9 Å². The third-order valence-corrected chi connectivity index (χ3v) is 4.34. The summed E-state index contributed by atoms with van der Waals surface area (Å²) in [4.78, 5) is 4.08. The molecule has 126 valence electrons. The number of nitrogens with one attached hydrogen (secondary N) is 1. The summed E-state index contributed by atoms with van der Waals surface area (Å²) in [7, 11) is 1.95. The highest BCUT2D eigenvalue weighted by molar-refractivity contribution is 5.61. The Balaban J connectivity index is 1.71. The van der Waals surface area contributed by atoms with E-state index in [1.165, 1.54) is 11.1 Å². The van der Waals surface area contributed by atoms with Gasteiger partial charge in [0.25, 0.3) is 0 Å². The summed E-state index contributed by atoms with van der Waals surface area (Å²) >= 11 is 0. The molecule has 0 aliphatic rings. The van der Waals surface area contributed by atoms with Gasteiger partial charge in [-0.15, -0.1) is 0 Å². The first-order valence-electron chi connectivity index (χ1n) is 8.21. The zero-order chi connectivity index (χ0) is 17.1. The monoisotopic (exact) mass is 324 g/mol. The van der Waals surface area contributed by atoms with Crippen molar-refractivity contribution >= 4 is 0 Å². The van der Waals surface area contributed by atoms with Crippen LogP contribution in [-0.2, 0) is 13.6 Å². The zero-order valence-electron chi connectivity index (χ0n) is 14.6. The van der Waals surface area contributed by atoms with E-state index in [1.807, 2.05) is 34.7 Å². The standard InChI is InChI=1S/C18H24N6/c1-13-9-21-24(11-13)15(3)14(2)20-10-17-12-23(4)22-18(17)16-5-7-19-8-6-16/h5-9,11-12,14-15,20H,10H2,1-4H3/t14-,15-/m1/s1. The summed E-state index contributed by atoms with van der Waals surface area (Å²) < 4.78 is 3.87. The van der Waals surface area contributed by atoms with E-state index >= 15 is 0 Å². The van der Waals surface area contributed by atoms with Crippen molar-refractivity contribution < 1.29 is 0 Å². The van der Waals surface area contributed by atoms with E-state index in [0.717, 1.165) is 17.8 Å². The Morgan fingerprint density at radius 2 is 1.92 bits per heavy atom. The molecule has 2 atom stereocenters. The first-order chi connectivity index (χ1) is 11.5. The molecule has 6 nitrogen and oxygen atoms in total. The van der Waals surface area contributed by atoms with Crippen LogP contribution in [-0.4, -0.2) is 30.6 Å². The van der Waals surface area contributed by atoms with Crippen LogP contribution in [0, 0.1) is 6.92 Å². The van der Waals surface area contributed by atoms with Gasteiger partial charge in [-0.25, -0.2) is 0 Å². The van der Waals surface area contributed by atoms with Crippen molar-refractivity contribution in [2.75, 3.05) is 0 Å². The summed E-state index contributed by atoms with van der Waals surface area (Å²) in [6.45, 7) is 7.18. The van der Waals surface area contributed by atoms with Gasteiger partial charge >= 0.3 is 0 Å². The number of aryl methyl sites for hydroxylation is 2. The molecule has 3 heterocycles. The number of hydrogen-bond acceptors (Lipinski definition) is 4. The van der Waals surface area contributed by atoms with Crippen LogP contribution >= 0.6 is 0 Å². The van der Waals surface area contributed by atoms with Gasteiger partial charge in [0.2, 0.25) is 0 Å². The zero-order valence-corrected chi connectivity index (χ0v) is 14.6. The van der Waals surface area contributed by atoms with Gasteiger partial charge in [0, 0.05) is 55.5 Å². The van der Waals surface area contributed by atoms with Gasteiger partial charge < -0.3 is 5.32 Å². The molecular formula is C18H24N6. The van der Waals surface area contributed by atoms with Gasteiger partial charge in [0.1, 0.15) is 0 Å². The average molecular weight is 324 g/mol. The predicted molar refractivity (Wildman–Crippen MR) is 94.4 cm³/mol. The minimum Gasteiger partial charge on any atom is -0.308 e. The number of nitrogens with zero attached hydrogens (tertiary/aromatic N) is 5. The first-order valence-corrected chi connectivity index (χ1v) is 8.21. The fourth-order valence-corrected chi connectivity index (χ4v) is 2.75. The lowest BCUT2D eigenvalue weighted by atomic mass is 10.1. The largest absolute Gasteiger partial charge is 0.308 e. The van der Waals surface area contributed by atoms with E-state index in [9.17, 15) is 0 Å². The van der Waals surface area contributed by atoms with Crippen LogP contribution in [0.15, 0.2) is 43.1 Å². The number of rotatable bonds is 6. The van der Waals surface area contributed by atoms with Crippen molar-refractivity contribution in [3.8, 4) is 11.3 Å². The van der Waals surface area contributed by atoms with Crippen LogP contribution < -0.4 is 5.32 Å². The Labute approximate surface area is 142 Å². The quantitative estimate of drug-likeness (QED) is 0.757.